The molecule has 2 fully saturated rings. The highest BCUT2D eigenvalue weighted by molar-refractivity contribution is 5.77. The summed E-state index contributed by atoms with van der Waals surface area (Å²) in [5.41, 5.74) is 3.73. The van der Waals surface area contributed by atoms with Gasteiger partial charge in [0.05, 0.1) is 23.0 Å². The lowest BCUT2D eigenvalue weighted by molar-refractivity contribution is -0.136. The van der Waals surface area contributed by atoms with Gasteiger partial charge in [-0.1, -0.05) is 31.3 Å². The van der Waals surface area contributed by atoms with Crippen LogP contribution in [0.3, 0.4) is 0 Å². The third kappa shape index (κ3) is 4.83. The maximum Gasteiger partial charge on any atom is 0.223 e. The molecule has 0 unspecified atom stereocenters. The van der Waals surface area contributed by atoms with Gasteiger partial charge in [-0.3, -0.25) is 4.79 Å². The normalized spacial score (nSPS) is 20.2. The van der Waals surface area contributed by atoms with Crippen LogP contribution in [0.25, 0.3) is 11.3 Å². The first-order chi connectivity index (χ1) is 15.1. The second-order valence-corrected chi connectivity index (χ2v) is 9.36. The van der Waals surface area contributed by atoms with Gasteiger partial charge < -0.3 is 9.42 Å². The second kappa shape index (κ2) is 9.92. The summed E-state index contributed by atoms with van der Waals surface area (Å²) in [4.78, 5) is 25.1. The number of hydrogen-bond acceptors (Lipinski definition) is 5. The zero-order valence-corrected chi connectivity index (χ0v) is 19.3. The fourth-order valence-corrected chi connectivity index (χ4v) is 5.14. The molecular formula is C25H36N4O2. The van der Waals surface area contributed by atoms with Crippen LogP contribution >= 0.6 is 0 Å². The topological polar surface area (TPSA) is 72.1 Å². The number of carbonyl (C=O) groups excluding carboxylic acids is 1. The summed E-state index contributed by atoms with van der Waals surface area (Å²) in [5.74, 6) is 2.42. The van der Waals surface area contributed by atoms with Gasteiger partial charge >= 0.3 is 0 Å². The molecule has 1 amide bonds. The third-order valence-corrected chi connectivity index (χ3v) is 7.07. The van der Waals surface area contributed by atoms with Crippen LogP contribution < -0.4 is 0 Å². The van der Waals surface area contributed by atoms with Gasteiger partial charge in [-0.2, -0.15) is 0 Å². The van der Waals surface area contributed by atoms with Gasteiger partial charge in [-0.25, -0.2) is 9.97 Å². The fraction of sp³-hybridized carbons (Fsp3) is 0.680. The highest BCUT2D eigenvalue weighted by atomic mass is 16.5. The Morgan fingerprint density at radius 2 is 1.90 bits per heavy atom. The van der Waals surface area contributed by atoms with Gasteiger partial charge in [0.15, 0.2) is 5.76 Å². The molecule has 0 radical (unpaired) electrons. The molecule has 0 spiro atoms. The summed E-state index contributed by atoms with van der Waals surface area (Å²) < 4.78 is 5.70. The van der Waals surface area contributed by atoms with Crippen LogP contribution in [-0.4, -0.2) is 32.5 Å². The van der Waals surface area contributed by atoms with E-state index in [1.165, 1.54) is 32.1 Å². The number of aromatic nitrogens is 3. The van der Waals surface area contributed by atoms with Crippen LogP contribution in [0.1, 0.15) is 99.9 Å². The lowest BCUT2D eigenvalue weighted by Gasteiger charge is -2.37. The first kappa shape index (κ1) is 22.0. The van der Waals surface area contributed by atoms with Crippen molar-refractivity contribution >= 4 is 5.91 Å². The van der Waals surface area contributed by atoms with Crippen LogP contribution in [0.15, 0.2) is 10.7 Å². The molecule has 0 N–H and O–H groups in total. The standard InChI is InChI=1S/C25H36N4O2/c1-4-10-22-26-16-20(25-17(2)18(3)28-31-25)24(27-22)21-13-8-9-14-29(21)23(30)15-19-11-6-5-7-12-19/h16,19,21H,4-15H2,1-3H3/t21-/m0/s1. The Morgan fingerprint density at radius 1 is 1.13 bits per heavy atom. The molecule has 6 heteroatoms. The first-order valence-corrected chi connectivity index (χ1v) is 12.2. The fourth-order valence-electron chi connectivity index (χ4n) is 5.14. The molecule has 6 nitrogen and oxygen atoms in total. The molecule has 1 atom stereocenters. The highest BCUT2D eigenvalue weighted by Crippen LogP contribution is 2.38. The molecule has 1 aliphatic carbocycles. The maximum absolute atomic E-state index is 13.4. The maximum atomic E-state index is 13.4. The summed E-state index contributed by atoms with van der Waals surface area (Å²) in [7, 11) is 0. The van der Waals surface area contributed by atoms with Gasteiger partial charge in [0.1, 0.15) is 5.82 Å². The third-order valence-electron chi connectivity index (χ3n) is 7.07. The van der Waals surface area contributed by atoms with E-state index < -0.39 is 0 Å². The summed E-state index contributed by atoms with van der Waals surface area (Å²) in [5, 5.41) is 4.16. The molecule has 1 saturated carbocycles. The molecule has 4 rings (SSSR count). The molecule has 0 aromatic carbocycles. The lowest BCUT2D eigenvalue weighted by atomic mass is 9.86. The van der Waals surface area contributed by atoms with E-state index in [0.29, 0.717) is 18.2 Å². The number of hydrogen-bond donors (Lipinski definition) is 0. The predicted molar refractivity (Wildman–Crippen MR) is 120 cm³/mol. The number of piperidine rings is 1. The molecule has 1 saturated heterocycles. The largest absolute Gasteiger partial charge is 0.356 e. The van der Waals surface area contributed by atoms with Gasteiger partial charge in [-0.15, -0.1) is 0 Å². The second-order valence-electron chi connectivity index (χ2n) is 9.36. The summed E-state index contributed by atoms with van der Waals surface area (Å²) >= 11 is 0. The quantitative estimate of drug-likeness (QED) is 0.592. The Kier molecular flexibility index (Phi) is 7.03. The van der Waals surface area contributed by atoms with Crippen LogP contribution in [0.5, 0.6) is 0 Å². The Balaban J connectivity index is 1.67. The minimum atomic E-state index is -0.0109. The first-order valence-electron chi connectivity index (χ1n) is 12.2. The van der Waals surface area contributed by atoms with Gasteiger partial charge in [0.25, 0.3) is 0 Å². The molecule has 2 aliphatic rings. The molecule has 1 aliphatic heterocycles. The number of likely N-dealkylation sites (tertiary alicyclic amines) is 1. The minimum absolute atomic E-state index is 0.0109. The van der Waals surface area contributed by atoms with Crippen LogP contribution in [0.2, 0.25) is 0 Å². The summed E-state index contributed by atoms with van der Waals surface area (Å²) in [6.45, 7) is 6.94. The zero-order valence-electron chi connectivity index (χ0n) is 19.3. The van der Waals surface area contributed by atoms with E-state index in [4.69, 9.17) is 9.51 Å². The molecule has 2 aromatic rings. The Bertz CT molecular complexity index is 901. The van der Waals surface area contributed by atoms with Gasteiger partial charge in [0, 0.05) is 31.1 Å². The number of aryl methyl sites for hydroxylation is 2. The van der Waals surface area contributed by atoms with Crippen molar-refractivity contribution < 1.29 is 9.32 Å². The van der Waals surface area contributed by atoms with Gasteiger partial charge in [0.2, 0.25) is 5.91 Å². The van der Waals surface area contributed by atoms with Crippen molar-refractivity contribution in [3.05, 3.63) is 29.0 Å². The number of carbonyl (C=O) groups is 1. The van der Waals surface area contributed by atoms with E-state index >= 15 is 0 Å². The van der Waals surface area contributed by atoms with Crippen molar-refractivity contribution in [2.24, 2.45) is 5.92 Å². The average Bonchev–Trinajstić information content (AvgIpc) is 3.13. The lowest BCUT2D eigenvalue weighted by Crippen LogP contribution is -2.40. The van der Waals surface area contributed by atoms with E-state index in [1.54, 1.807) is 0 Å². The van der Waals surface area contributed by atoms with Crippen molar-refractivity contribution in [3.63, 3.8) is 0 Å². The number of amides is 1. The summed E-state index contributed by atoms with van der Waals surface area (Å²) in [6.07, 6.45) is 13.8. The smallest absolute Gasteiger partial charge is 0.223 e. The molecular weight excluding hydrogens is 388 g/mol. The predicted octanol–water partition coefficient (Wildman–Crippen LogP) is 5.72. The zero-order chi connectivity index (χ0) is 21.8. The Hall–Kier alpha value is -2.24. The van der Waals surface area contributed by atoms with E-state index in [-0.39, 0.29) is 6.04 Å². The summed E-state index contributed by atoms with van der Waals surface area (Å²) in [6, 6.07) is -0.0109. The number of rotatable bonds is 6. The molecule has 2 aromatic heterocycles. The van der Waals surface area contributed by atoms with Crippen molar-refractivity contribution in [1.29, 1.82) is 0 Å². The highest BCUT2D eigenvalue weighted by Gasteiger charge is 2.33. The van der Waals surface area contributed by atoms with Crippen LogP contribution in [-0.2, 0) is 11.2 Å². The number of nitrogens with zero attached hydrogens (tertiary/aromatic N) is 4. The van der Waals surface area contributed by atoms with Gasteiger partial charge in [-0.05, 0) is 58.3 Å². The molecule has 31 heavy (non-hydrogen) atoms. The van der Waals surface area contributed by atoms with E-state index in [0.717, 1.165) is 72.7 Å². The van der Waals surface area contributed by atoms with Crippen molar-refractivity contribution in [1.82, 2.24) is 20.0 Å². The Morgan fingerprint density at radius 3 is 2.61 bits per heavy atom. The van der Waals surface area contributed by atoms with E-state index in [1.807, 2.05) is 20.0 Å². The van der Waals surface area contributed by atoms with Crippen molar-refractivity contribution in [3.8, 4) is 11.3 Å². The SMILES string of the molecule is CCCc1ncc(-c2onc(C)c2C)c([C@@H]2CCCCN2C(=O)CC2CCCCC2)n1. The Labute approximate surface area is 185 Å². The molecule has 0 bridgehead atoms. The minimum Gasteiger partial charge on any atom is -0.356 e. The monoisotopic (exact) mass is 424 g/mol. The average molecular weight is 425 g/mol. The molecule has 3 heterocycles. The van der Waals surface area contributed by atoms with Crippen LogP contribution in [0.4, 0.5) is 0 Å². The van der Waals surface area contributed by atoms with Crippen molar-refractivity contribution in [2.45, 2.75) is 97.4 Å². The molecule has 168 valence electrons. The van der Waals surface area contributed by atoms with Crippen molar-refractivity contribution in [2.75, 3.05) is 6.54 Å². The van der Waals surface area contributed by atoms with E-state index in [9.17, 15) is 4.79 Å². The van der Waals surface area contributed by atoms with E-state index in [2.05, 4.69) is 22.0 Å². The van der Waals surface area contributed by atoms with Crippen LogP contribution in [0, 0.1) is 19.8 Å².